The van der Waals surface area contributed by atoms with E-state index >= 15 is 0 Å². The summed E-state index contributed by atoms with van der Waals surface area (Å²) in [5.74, 6) is 0.889. The number of aryl methyl sites for hydroxylation is 2. The molecule has 1 aliphatic carbocycles. The van der Waals surface area contributed by atoms with Gasteiger partial charge in [0.25, 0.3) is 0 Å². The minimum Gasteiger partial charge on any atom is -0.493 e. The number of benzene rings is 1. The Labute approximate surface area is 114 Å². The molecule has 4 nitrogen and oxygen atoms in total. The van der Waals surface area contributed by atoms with E-state index in [-0.39, 0.29) is 12.2 Å². The topological polar surface area (TPSA) is 47.6 Å². The number of ether oxygens (including phenoxy) is 2. The van der Waals surface area contributed by atoms with Crippen LogP contribution in [0.4, 0.5) is 10.5 Å². The summed E-state index contributed by atoms with van der Waals surface area (Å²) in [7, 11) is 0. The van der Waals surface area contributed by atoms with Gasteiger partial charge in [-0.25, -0.2) is 4.79 Å². The van der Waals surface area contributed by atoms with E-state index in [4.69, 9.17) is 9.47 Å². The summed E-state index contributed by atoms with van der Waals surface area (Å²) in [6.07, 6.45) is 2.85. The molecule has 1 aliphatic rings. The Bertz CT molecular complexity index is 443. The van der Waals surface area contributed by atoms with Crippen LogP contribution in [0, 0.1) is 13.8 Å². The maximum atomic E-state index is 11.7. The number of hydrogen-bond donors (Lipinski definition) is 1. The first-order chi connectivity index (χ1) is 9.10. The molecule has 1 aromatic rings. The van der Waals surface area contributed by atoms with Crippen LogP contribution in [-0.4, -0.2) is 18.8 Å². The molecule has 0 spiro atoms. The third-order valence-corrected chi connectivity index (χ3v) is 3.32. The molecule has 0 bridgehead atoms. The lowest BCUT2D eigenvalue weighted by Crippen LogP contribution is -2.27. The highest BCUT2D eigenvalue weighted by Crippen LogP contribution is 2.28. The Balaban J connectivity index is 2.01. The number of carbonyl (C=O) groups is 1. The average molecular weight is 263 g/mol. The van der Waals surface area contributed by atoms with Crippen LogP contribution in [0.5, 0.6) is 5.75 Å². The summed E-state index contributed by atoms with van der Waals surface area (Å²) >= 11 is 0. The molecule has 1 fully saturated rings. The summed E-state index contributed by atoms with van der Waals surface area (Å²) in [5, 5.41) is 2.78. The average Bonchev–Trinajstić information content (AvgIpc) is 2.29. The lowest BCUT2D eigenvalue weighted by atomic mass is 9.96. The number of carbonyl (C=O) groups excluding carboxylic acids is 1. The van der Waals surface area contributed by atoms with E-state index in [2.05, 4.69) is 5.32 Å². The monoisotopic (exact) mass is 263 g/mol. The third-order valence-electron chi connectivity index (χ3n) is 3.32. The fraction of sp³-hybridized carbons (Fsp3) is 0.533. The van der Waals surface area contributed by atoms with Crippen molar-refractivity contribution in [3.05, 3.63) is 23.3 Å². The van der Waals surface area contributed by atoms with Gasteiger partial charge in [-0.3, -0.25) is 5.32 Å². The van der Waals surface area contributed by atoms with E-state index in [0.717, 1.165) is 41.8 Å². The van der Waals surface area contributed by atoms with Crippen molar-refractivity contribution in [2.75, 3.05) is 11.9 Å². The summed E-state index contributed by atoms with van der Waals surface area (Å²) in [6, 6.07) is 3.81. The van der Waals surface area contributed by atoms with Gasteiger partial charge < -0.3 is 9.47 Å². The largest absolute Gasteiger partial charge is 0.493 e. The van der Waals surface area contributed by atoms with Crippen LogP contribution in [0.25, 0.3) is 0 Å². The van der Waals surface area contributed by atoms with E-state index in [1.54, 1.807) is 0 Å². The fourth-order valence-electron chi connectivity index (χ4n) is 2.18. The van der Waals surface area contributed by atoms with Crippen LogP contribution in [0.3, 0.4) is 0 Å². The van der Waals surface area contributed by atoms with Gasteiger partial charge in [0.2, 0.25) is 0 Å². The summed E-state index contributed by atoms with van der Waals surface area (Å²) in [4.78, 5) is 11.7. The van der Waals surface area contributed by atoms with Crippen molar-refractivity contribution in [1.29, 1.82) is 0 Å². The molecule has 104 valence electrons. The van der Waals surface area contributed by atoms with Crippen LogP contribution >= 0.6 is 0 Å². The number of anilines is 1. The zero-order valence-electron chi connectivity index (χ0n) is 11.8. The van der Waals surface area contributed by atoms with Gasteiger partial charge in [0, 0.05) is 5.69 Å². The number of rotatable bonds is 4. The highest BCUT2D eigenvalue weighted by molar-refractivity contribution is 5.85. The Morgan fingerprint density at radius 2 is 1.95 bits per heavy atom. The maximum absolute atomic E-state index is 11.7. The van der Waals surface area contributed by atoms with Crippen LogP contribution in [0.1, 0.15) is 37.3 Å². The summed E-state index contributed by atoms with van der Waals surface area (Å²) in [5.41, 5.74) is 2.78. The lowest BCUT2D eigenvalue weighted by molar-refractivity contribution is 0.0624. The summed E-state index contributed by atoms with van der Waals surface area (Å²) in [6.45, 7) is 6.54. The molecule has 0 radical (unpaired) electrons. The van der Waals surface area contributed by atoms with Crippen LogP contribution in [0.15, 0.2) is 12.1 Å². The fourth-order valence-corrected chi connectivity index (χ4v) is 2.18. The van der Waals surface area contributed by atoms with Crippen molar-refractivity contribution in [3.63, 3.8) is 0 Å². The second kappa shape index (κ2) is 5.95. The zero-order valence-corrected chi connectivity index (χ0v) is 11.8. The minimum absolute atomic E-state index is 0.102. The van der Waals surface area contributed by atoms with Crippen LogP contribution in [-0.2, 0) is 4.74 Å². The first kappa shape index (κ1) is 13.7. The van der Waals surface area contributed by atoms with Gasteiger partial charge in [-0.05, 0) is 63.3 Å². The Morgan fingerprint density at radius 1 is 1.32 bits per heavy atom. The predicted molar refractivity (Wildman–Crippen MR) is 74.8 cm³/mol. The molecule has 4 heteroatoms. The van der Waals surface area contributed by atoms with E-state index in [0.29, 0.717) is 6.61 Å². The molecule has 1 aromatic carbocycles. The van der Waals surface area contributed by atoms with E-state index in [9.17, 15) is 4.79 Å². The molecule has 1 N–H and O–H groups in total. The molecule has 0 unspecified atom stereocenters. The molecule has 19 heavy (non-hydrogen) atoms. The molecular weight excluding hydrogens is 242 g/mol. The number of amides is 1. The maximum Gasteiger partial charge on any atom is 0.411 e. The molecule has 2 rings (SSSR count). The lowest BCUT2D eigenvalue weighted by Gasteiger charge is -2.25. The molecule has 1 saturated carbocycles. The van der Waals surface area contributed by atoms with Gasteiger partial charge in [0.15, 0.2) is 0 Å². The predicted octanol–water partition coefficient (Wildman–Crippen LogP) is 3.80. The van der Waals surface area contributed by atoms with Gasteiger partial charge in [-0.1, -0.05) is 0 Å². The van der Waals surface area contributed by atoms with Gasteiger partial charge >= 0.3 is 6.09 Å². The van der Waals surface area contributed by atoms with Gasteiger partial charge in [0.1, 0.15) is 11.9 Å². The van der Waals surface area contributed by atoms with Crippen LogP contribution < -0.4 is 10.1 Å². The SMILES string of the molecule is CCOc1c(C)cc(NC(=O)OC2CCC2)cc1C. The third kappa shape index (κ3) is 3.40. The smallest absolute Gasteiger partial charge is 0.411 e. The normalized spacial score (nSPS) is 14.7. The van der Waals surface area contributed by atoms with Crippen molar-refractivity contribution in [1.82, 2.24) is 0 Å². The zero-order chi connectivity index (χ0) is 13.8. The first-order valence-corrected chi connectivity index (χ1v) is 6.82. The van der Waals surface area contributed by atoms with E-state index in [1.807, 2.05) is 32.9 Å². The van der Waals surface area contributed by atoms with Gasteiger partial charge in [-0.2, -0.15) is 0 Å². The van der Waals surface area contributed by atoms with E-state index < -0.39 is 0 Å². The molecule has 0 heterocycles. The summed E-state index contributed by atoms with van der Waals surface area (Å²) < 4.78 is 10.8. The second-order valence-corrected chi connectivity index (χ2v) is 4.96. The van der Waals surface area contributed by atoms with Crippen molar-refractivity contribution in [2.24, 2.45) is 0 Å². The van der Waals surface area contributed by atoms with Crippen molar-refractivity contribution < 1.29 is 14.3 Å². The Kier molecular flexibility index (Phi) is 4.30. The Morgan fingerprint density at radius 3 is 2.42 bits per heavy atom. The molecule has 0 aliphatic heterocycles. The van der Waals surface area contributed by atoms with Gasteiger partial charge in [0.05, 0.1) is 6.61 Å². The number of nitrogens with one attached hydrogen (secondary N) is 1. The van der Waals surface area contributed by atoms with Gasteiger partial charge in [-0.15, -0.1) is 0 Å². The standard InChI is InChI=1S/C15H21NO3/c1-4-18-14-10(2)8-12(9-11(14)3)16-15(17)19-13-6-5-7-13/h8-9,13H,4-7H2,1-3H3,(H,16,17). The van der Waals surface area contributed by atoms with Crippen LogP contribution in [0.2, 0.25) is 0 Å². The minimum atomic E-state index is -0.368. The second-order valence-electron chi connectivity index (χ2n) is 4.96. The van der Waals surface area contributed by atoms with Crippen molar-refractivity contribution in [3.8, 4) is 5.75 Å². The Hall–Kier alpha value is -1.71. The molecule has 1 amide bonds. The molecular formula is C15H21NO3. The first-order valence-electron chi connectivity index (χ1n) is 6.82. The highest BCUT2D eigenvalue weighted by atomic mass is 16.6. The molecule has 0 aromatic heterocycles. The van der Waals surface area contributed by atoms with E-state index in [1.165, 1.54) is 0 Å². The highest BCUT2D eigenvalue weighted by Gasteiger charge is 2.21. The van der Waals surface area contributed by atoms with Crippen molar-refractivity contribution >= 4 is 11.8 Å². The molecule has 0 atom stereocenters. The number of hydrogen-bond acceptors (Lipinski definition) is 3. The van der Waals surface area contributed by atoms with Crippen molar-refractivity contribution in [2.45, 2.75) is 46.1 Å². The molecule has 0 saturated heterocycles. The quantitative estimate of drug-likeness (QED) is 0.898.